The lowest BCUT2D eigenvalue weighted by Gasteiger charge is -2.12. The highest BCUT2D eigenvalue weighted by Gasteiger charge is 2.09. The lowest BCUT2D eigenvalue weighted by Crippen LogP contribution is -2.34. The predicted molar refractivity (Wildman–Crippen MR) is 62.4 cm³/mol. The SMILES string of the molecule is CC(CCC(=O)O)NC(=O)Cc1ccncc1. The number of hydrogen-bond acceptors (Lipinski definition) is 3. The number of aromatic nitrogens is 1. The molecule has 0 bridgehead atoms. The number of pyridine rings is 1. The Morgan fingerprint density at radius 1 is 1.41 bits per heavy atom. The molecule has 1 heterocycles. The maximum atomic E-state index is 11.6. The first-order chi connectivity index (χ1) is 8.08. The van der Waals surface area contributed by atoms with Crippen molar-refractivity contribution in [2.75, 3.05) is 0 Å². The molecule has 1 atom stereocenters. The molecule has 0 fully saturated rings. The van der Waals surface area contributed by atoms with E-state index in [2.05, 4.69) is 10.3 Å². The summed E-state index contributed by atoms with van der Waals surface area (Å²) in [6, 6.07) is 3.43. The van der Waals surface area contributed by atoms with Gasteiger partial charge in [0.05, 0.1) is 6.42 Å². The van der Waals surface area contributed by atoms with E-state index in [1.54, 1.807) is 31.5 Å². The van der Waals surface area contributed by atoms with Gasteiger partial charge >= 0.3 is 5.97 Å². The average Bonchev–Trinajstić information content (AvgIpc) is 2.27. The fraction of sp³-hybridized carbons (Fsp3) is 0.417. The molecule has 92 valence electrons. The summed E-state index contributed by atoms with van der Waals surface area (Å²) in [7, 11) is 0. The van der Waals surface area contributed by atoms with Crippen molar-refractivity contribution < 1.29 is 14.7 Å². The average molecular weight is 236 g/mol. The number of rotatable bonds is 6. The highest BCUT2D eigenvalue weighted by molar-refractivity contribution is 5.78. The van der Waals surface area contributed by atoms with Gasteiger partial charge in [0, 0.05) is 24.9 Å². The molecule has 0 spiro atoms. The predicted octanol–water partition coefficient (Wildman–Crippen LogP) is 0.994. The molecule has 0 saturated heterocycles. The second-order valence-corrected chi connectivity index (χ2v) is 3.93. The minimum atomic E-state index is -0.847. The van der Waals surface area contributed by atoms with Crippen LogP contribution in [-0.2, 0) is 16.0 Å². The number of amides is 1. The van der Waals surface area contributed by atoms with Gasteiger partial charge in [-0.2, -0.15) is 0 Å². The summed E-state index contributed by atoms with van der Waals surface area (Å²) < 4.78 is 0. The highest BCUT2D eigenvalue weighted by atomic mass is 16.4. The third-order valence-corrected chi connectivity index (χ3v) is 2.31. The Morgan fingerprint density at radius 3 is 2.65 bits per heavy atom. The Kier molecular flexibility index (Phi) is 5.13. The van der Waals surface area contributed by atoms with Crippen molar-refractivity contribution in [3.8, 4) is 0 Å². The molecule has 17 heavy (non-hydrogen) atoms. The molecule has 0 radical (unpaired) electrons. The first-order valence-corrected chi connectivity index (χ1v) is 5.48. The van der Waals surface area contributed by atoms with Crippen molar-refractivity contribution >= 4 is 11.9 Å². The Bertz CT molecular complexity index is 379. The molecule has 2 N–H and O–H groups in total. The zero-order valence-electron chi connectivity index (χ0n) is 9.72. The lowest BCUT2D eigenvalue weighted by molar-refractivity contribution is -0.137. The molecule has 1 amide bonds. The van der Waals surface area contributed by atoms with Crippen molar-refractivity contribution in [1.29, 1.82) is 0 Å². The summed E-state index contributed by atoms with van der Waals surface area (Å²) in [5.41, 5.74) is 0.892. The van der Waals surface area contributed by atoms with Gasteiger partial charge in [-0.05, 0) is 31.0 Å². The number of hydrogen-bond donors (Lipinski definition) is 2. The van der Waals surface area contributed by atoms with E-state index in [9.17, 15) is 9.59 Å². The minimum absolute atomic E-state index is 0.0662. The fourth-order valence-corrected chi connectivity index (χ4v) is 1.42. The van der Waals surface area contributed by atoms with E-state index in [4.69, 9.17) is 5.11 Å². The van der Waals surface area contributed by atoms with Crippen molar-refractivity contribution in [2.24, 2.45) is 0 Å². The molecular weight excluding hydrogens is 220 g/mol. The summed E-state index contributed by atoms with van der Waals surface area (Å²) in [6.07, 6.45) is 4.07. The van der Waals surface area contributed by atoms with E-state index in [-0.39, 0.29) is 18.4 Å². The van der Waals surface area contributed by atoms with Crippen LogP contribution in [0.5, 0.6) is 0 Å². The highest BCUT2D eigenvalue weighted by Crippen LogP contribution is 2.00. The molecule has 1 unspecified atom stereocenters. The van der Waals surface area contributed by atoms with Crippen LogP contribution >= 0.6 is 0 Å². The van der Waals surface area contributed by atoms with Crippen LogP contribution in [0.2, 0.25) is 0 Å². The van der Waals surface area contributed by atoms with E-state index in [1.165, 1.54) is 0 Å². The zero-order valence-corrected chi connectivity index (χ0v) is 9.72. The van der Waals surface area contributed by atoms with Gasteiger partial charge in [-0.3, -0.25) is 14.6 Å². The van der Waals surface area contributed by atoms with Gasteiger partial charge in [0.15, 0.2) is 0 Å². The quantitative estimate of drug-likeness (QED) is 0.772. The van der Waals surface area contributed by atoms with E-state index >= 15 is 0 Å². The van der Waals surface area contributed by atoms with Gasteiger partial charge in [-0.25, -0.2) is 0 Å². The number of carbonyl (C=O) groups excluding carboxylic acids is 1. The van der Waals surface area contributed by atoms with Crippen LogP contribution in [0, 0.1) is 0 Å². The first-order valence-electron chi connectivity index (χ1n) is 5.48. The largest absolute Gasteiger partial charge is 0.481 e. The molecule has 0 aromatic carbocycles. The van der Waals surface area contributed by atoms with Gasteiger partial charge in [-0.1, -0.05) is 0 Å². The summed E-state index contributed by atoms with van der Waals surface area (Å²) in [5, 5.41) is 11.3. The molecule has 1 aromatic rings. The Labute approximate surface area is 99.9 Å². The smallest absolute Gasteiger partial charge is 0.303 e. The minimum Gasteiger partial charge on any atom is -0.481 e. The number of carboxylic acids is 1. The molecule has 5 heteroatoms. The molecular formula is C12H16N2O3. The molecule has 0 saturated carbocycles. The topological polar surface area (TPSA) is 79.3 Å². The third-order valence-electron chi connectivity index (χ3n) is 2.31. The molecule has 1 aromatic heterocycles. The van der Waals surface area contributed by atoms with Crippen LogP contribution in [0.15, 0.2) is 24.5 Å². The van der Waals surface area contributed by atoms with Crippen LogP contribution in [-0.4, -0.2) is 28.0 Å². The molecule has 0 aliphatic rings. The van der Waals surface area contributed by atoms with Crippen molar-refractivity contribution in [1.82, 2.24) is 10.3 Å². The van der Waals surface area contributed by atoms with Crippen molar-refractivity contribution in [3.05, 3.63) is 30.1 Å². The third kappa shape index (κ3) is 5.65. The number of nitrogens with zero attached hydrogens (tertiary/aromatic N) is 1. The molecule has 5 nitrogen and oxygen atoms in total. The first kappa shape index (κ1) is 13.2. The normalized spacial score (nSPS) is 11.8. The summed E-state index contributed by atoms with van der Waals surface area (Å²) in [5.74, 6) is -0.950. The van der Waals surface area contributed by atoms with Crippen molar-refractivity contribution in [2.45, 2.75) is 32.2 Å². The fourth-order valence-electron chi connectivity index (χ4n) is 1.42. The van der Waals surface area contributed by atoms with E-state index in [0.29, 0.717) is 12.8 Å². The Hall–Kier alpha value is -1.91. The van der Waals surface area contributed by atoms with Gasteiger partial charge in [0.1, 0.15) is 0 Å². The maximum Gasteiger partial charge on any atom is 0.303 e. The van der Waals surface area contributed by atoms with Crippen LogP contribution in [0.4, 0.5) is 0 Å². The van der Waals surface area contributed by atoms with Crippen LogP contribution in [0.3, 0.4) is 0 Å². The van der Waals surface area contributed by atoms with Gasteiger partial charge in [-0.15, -0.1) is 0 Å². The Balaban J connectivity index is 2.32. The summed E-state index contributed by atoms with van der Waals surface area (Å²) in [6.45, 7) is 1.80. The zero-order chi connectivity index (χ0) is 12.7. The Morgan fingerprint density at radius 2 is 2.06 bits per heavy atom. The van der Waals surface area contributed by atoms with Crippen LogP contribution in [0.1, 0.15) is 25.3 Å². The second kappa shape index (κ2) is 6.62. The van der Waals surface area contributed by atoms with Gasteiger partial charge in [0.25, 0.3) is 0 Å². The van der Waals surface area contributed by atoms with E-state index in [1.807, 2.05) is 0 Å². The van der Waals surface area contributed by atoms with Crippen LogP contribution in [0.25, 0.3) is 0 Å². The maximum absolute atomic E-state index is 11.6. The van der Waals surface area contributed by atoms with Crippen molar-refractivity contribution in [3.63, 3.8) is 0 Å². The number of carboxylic acid groups (broad SMARTS) is 1. The van der Waals surface area contributed by atoms with E-state index in [0.717, 1.165) is 5.56 Å². The lowest BCUT2D eigenvalue weighted by atomic mass is 10.1. The van der Waals surface area contributed by atoms with Crippen LogP contribution < -0.4 is 5.32 Å². The molecule has 0 aliphatic carbocycles. The molecule has 1 rings (SSSR count). The summed E-state index contributed by atoms with van der Waals surface area (Å²) >= 11 is 0. The number of carbonyl (C=O) groups is 2. The number of aliphatic carboxylic acids is 1. The monoisotopic (exact) mass is 236 g/mol. The summed E-state index contributed by atoms with van der Waals surface area (Å²) in [4.78, 5) is 25.8. The van der Waals surface area contributed by atoms with Gasteiger partial charge in [0.2, 0.25) is 5.91 Å². The molecule has 0 aliphatic heterocycles. The number of nitrogens with one attached hydrogen (secondary N) is 1. The van der Waals surface area contributed by atoms with Gasteiger partial charge < -0.3 is 10.4 Å². The second-order valence-electron chi connectivity index (χ2n) is 3.93. The standard InChI is InChI=1S/C12H16N2O3/c1-9(2-3-12(16)17)14-11(15)8-10-4-6-13-7-5-10/h4-7,9H,2-3,8H2,1H3,(H,14,15)(H,16,17). The van der Waals surface area contributed by atoms with E-state index < -0.39 is 5.97 Å².